The van der Waals surface area contributed by atoms with Crippen molar-refractivity contribution in [3.8, 4) is 0 Å². The molecule has 2 atom stereocenters. The lowest BCUT2D eigenvalue weighted by Crippen LogP contribution is -2.46. The second-order valence-corrected chi connectivity index (χ2v) is 11.5. The molecule has 0 fully saturated rings. The van der Waals surface area contributed by atoms with Crippen LogP contribution in [0.1, 0.15) is 63.9 Å². The van der Waals surface area contributed by atoms with Gasteiger partial charge in [0, 0.05) is 38.8 Å². The molecule has 5 rings (SSSR count). The highest BCUT2D eigenvalue weighted by molar-refractivity contribution is 5.93. The van der Waals surface area contributed by atoms with Gasteiger partial charge in [0.15, 0.2) is 0 Å². The number of halogens is 1. The van der Waals surface area contributed by atoms with Gasteiger partial charge in [-0.1, -0.05) is 35.9 Å². The Morgan fingerprint density at radius 2 is 1.77 bits per heavy atom. The van der Waals surface area contributed by atoms with Gasteiger partial charge in [0.25, 0.3) is 0 Å². The fourth-order valence-corrected chi connectivity index (χ4v) is 6.34. The smallest absolute Gasteiger partial charge is 0.237 e. The van der Waals surface area contributed by atoms with Crippen molar-refractivity contribution in [2.45, 2.75) is 72.1 Å². The van der Waals surface area contributed by atoms with Gasteiger partial charge in [-0.2, -0.15) is 0 Å². The average Bonchev–Trinajstić information content (AvgIpc) is 2.90. The molecule has 6 nitrogen and oxygen atoms in total. The maximum absolute atomic E-state index is 13.8. The summed E-state index contributed by atoms with van der Waals surface area (Å²) in [5, 5.41) is 3.20. The minimum Gasteiger partial charge on any atom is -0.348 e. The van der Waals surface area contributed by atoms with Gasteiger partial charge in [0.2, 0.25) is 11.8 Å². The van der Waals surface area contributed by atoms with E-state index in [4.69, 9.17) is 5.73 Å². The van der Waals surface area contributed by atoms with E-state index in [9.17, 15) is 14.0 Å². The summed E-state index contributed by atoms with van der Waals surface area (Å²) in [6.07, 6.45) is 1.97. The Bertz CT molecular complexity index is 1430. The molecule has 7 heteroatoms. The molecule has 0 bridgehead atoms. The first-order valence-corrected chi connectivity index (χ1v) is 14.1. The number of nitrogens with zero attached hydrogens (tertiary/aromatic N) is 2. The summed E-state index contributed by atoms with van der Waals surface area (Å²) in [4.78, 5) is 29.8. The number of carbonyl (C=O) groups is 2. The standard InChI is InChI=1S/C33H39FN4O2/c1-20-13-21(2)28(22(3)14-20)17-30(35)33(40)36-31-10-12-38(23(4)39)32-8-5-24(15-29(31)32)18-37-11-9-25-6-7-27(34)16-26(25)19-37/h5-8,13-16,30-31H,9-12,17-19,35H2,1-4H3,(H,36,40)/t30-,31+/m0/s1. The molecule has 2 aliphatic heterocycles. The van der Waals surface area contributed by atoms with Crippen molar-refractivity contribution in [3.63, 3.8) is 0 Å². The van der Waals surface area contributed by atoms with Crippen LogP contribution in [0.25, 0.3) is 0 Å². The molecule has 0 spiro atoms. The summed E-state index contributed by atoms with van der Waals surface area (Å²) < 4.78 is 13.8. The molecule has 0 radical (unpaired) electrons. The van der Waals surface area contributed by atoms with Crippen molar-refractivity contribution in [3.05, 3.63) is 98.9 Å². The third-order valence-electron chi connectivity index (χ3n) is 8.36. The van der Waals surface area contributed by atoms with E-state index in [1.54, 1.807) is 17.9 Å². The zero-order chi connectivity index (χ0) is 28.6. The topological polar surface area (TPSA) is 78.7 Å². The molecular formula is C33H39FN4O2. The molecule has 2 aliphatic rings. The van der Waals surface area contributed by atoms with E-state index < -0.39 is 6.04 Å². The highest BCUT2D eigenvalue weighted by Gasteiger charge is 2.30. The number of hydrogen-bond donors (Lipinski definition) is 2. The Kier molecular flexibility index (Phi) is 8.06. The summed E-state index contributed by atoms with van der Waals surface area (Å²) in [7, 11) is 0. The molecular weight excluding hydrogens is 503 g/mol. The summed E-state index contributed by atoms with van der Waals surface area (Å²) >= 11 is 0. The molecule has 40 heavy (non-hydrogen) atoms. The number of benzene rings is 3. The normalized spacial score (nSPS) is 17.6. The van der Waals surface area contributed by atoms with Crippen LogP contribution in [0.4, 0.5) is 10.1 Å². The second kappa shape index (κ2) is 11.5. The first-order chi connectivity index (χ1) is 19.1. The predicted octanol–water partition coefficient (Wildman–Crippen LogP) is 4.79. The van der Waals surface area contributed by atoms with Gasteiger partial charge >= 0.3 is 0 Å². The molecule has 0 unspecified atom stereocenters. The zero-order valence-electron chi connectivity index (χ0n) is 23.9. The molecule has 2 amide bonds. The molecule has 3 aromatic carbocycles. The Morgan fingerprint density at radius 1 is 1.02 bits per heavy atom. The number of fused-ring (bicyclic) bond motifs is 2. The minimum absolute atomic E-state index is 0.0181. The van der Waals surface area contributed by atoms with Gasteiger partial charge in [-0.25, -0.2) is 4.39 Å². The molecule has 3 N–H and O–H groups in total. The van der Waals surface area contributed by atoms with Crippen LogP contribution >= 0.6 is 0 Å². The maximum Gasteiger partial charge on any atom is 0.237 e. The van der Waals surface area contributed by atoms with Crippen molar-refractivity contribution < 1.29 is 14.0 Å². The van der Waals surface area contributed by atoms with E-state index in [0.29, 0.717) is 32.5 Å². The average molecular weight is 543 g/mol. The van der Waals surface area contributed by atoms with Gasteiger partial charge in [-0.15, -0.1) is 0 Å². The number of carbonyl (C=O) groups excluding carboxylic acids is 2. The van der Waals surface area contributed by atoms with Crippen LogP contribution in [0.2, 0.25) is 0 Å². The van der Waals surface area contributed by atoms with Crippen LogP contribution in [-0.4, -0.2) is 35.8 Å². The second-order valence-electron chi connectivity index (χ2n) is 11.5. The van der Waals surface area contributed by atoms with E-state index >= 15 is 0 Å². The lowest BCUT2D eigenvalue weighted by molar-refractivity contribution is -0.123. The van der Waals surface area contributed by atoms with Crippen LogP contribution in [0.5, 0.6) is 0 Å². The van der Waals surface area contributed by atoms with Gasteiger partial charge < -0.3 is 16.0 Å². The van der Waals surface area contributed by atoms with Crippen LogP contribution < -0.4 is 16.0 Å². The zero-order valence-corrected chi connectivity index (χ0v) is 23.9. The number of hydrogen-bond acceptors (Lipinski definition) is 4. The minimum atomic E-state index is -0.675. The number of amides is 2. The van der Waals surface area contributed by atoms with Gasteiger partial charge in [0.1, 0.15) is 5.82 Å². The Balaban J connectivity index is 1.34. The Labute approximate surface area is 236 Å². The number of anilines is 1. The van der Waals surface area contributed by atoms with E-state index in [1.807, 2.05) is 12.1 Å². The highest BCUT2D eigenvalue weighted by Crippen LogP contribution is 2.35. The van der Waals surface area contributed by atoms with Crippen molar-refractivity contribution in [1.82, 2.24) is 10.2 Å². The van der Waals surface area contributed by atoms with Gasteiger partial charge in [0.05, 0.1) is 12.1 Å². The third kappa shape index (κ3) is 5.96. The van der Waals surface area contributed by atoms with Crippen LogP contribution in [0, 0.1) is 26.6 Å². The van der Waals surface area contributed by atoms with Crippen molar-refractivity contribution >= 4 is 17.5 Å². The number of nitrogens with two attached hydrogens (primary N) is 1. The number of aryl methyl sites for hydroxylation is 3. The van der Waals surface area contributed by atoms with E-state index in [-0.39, 0.29) is 23.7 Å². The summed E-state index contributed by atoms with van der Waals surface area (Å²) in [5.74, 6) is -0.412. The lowest BCUT2D eigenvalue weighted by Gasteiger charge is -2.35. The molecule has 0 aromatic heterocycles. The first kappa shape index (κ1) is 28.0. The molecule has 210 valence electrons. The third-order valence-corrected chi connectivity index (χ3v) is 8.36. The summed E-state index contributed by atoms with van der Waals surface area (Å²) in [5.41, 5.74) is 16.1. The maximum atomic E-state index is 13.8. The van der Waals surface area contributed by atoms with Crippen LogP contribution in [0.3, 0.4) is 0 Å². The summed E-state index contributed by atoms with van der Waals surface area (Å²) in [6, 6.07) is 14.5. The molecule has 3 aromatic rings. The number of rotatable bonds is 6. The highest BCUT2D eigenvalue weighted by atomic mass is 19.1. The fraction of sp³-hybridized carbons (Fsp3) is 0.394. The quantitative estimate of drug-likeness (QED) is 0.469. The van der Waals surface area contributed by atoms with Crippen molar-refractivity contribution in [1.29, 1.82) is 0 Å². The Morgan fingerprint density at radius 3 is 2.50 bits per heavy atom. The molecule has 0 saturated heterocycles. The Hall–Kier alpha value is -3.55. The van der Waals surface area contributed by atoms with Crippen molar-refractivity contribution in [2.75, 3.05) is 18.0 Å². The monoisotopic (exact) mass is 542 g/mol. The van der Waals surface area contributed by atoms with E-state index in [1.165, 1.54) is 17.2 Å². The predicted molar refractivity (Wildman–Crippen MR) is 157 cm³/mol. The first-order valence-electron chi connectivity index (χ1n) is 14.1. The fourth-order valence-electron chi connectivity index (χ4n) is 6.34. The van der Waals surface area contributed by atoms with E-state index in [2.05, 4.69) is 55.3 Å². The van der Waals surface area contributed by atoms with Crippen molar-refractivity contribution in [2.24, 2.45) is 5.73 Å². The SMILES string of the molecule is CC(=O)N1CC[C@@H](NC(=O)[C@@H](N)Cc2c(C)cc(C)cc2C)c2cc(CN3CCc4ccc(F)cc4C3)ccc21. The van der Waals surface area contributed by atoms with Crippen LogP contribution in [-0.2, 0) is 35.5 Å². The lowest BCUT2D eigenvalue weighted by atomic mass is 9.92. The van der Waals surface area contributed by atoms with Gasteiger partial charge in [-0.05, 0) is 97.2 Å². The molecule has 0 aliphatic carbocycles. The van der Waals surface area contributed by atoms with Gasteiger partial charge in [-0.3, -0.25) is 14.5 Å². The molecule has 0 saturated carbocycles. The largest absolute Gasteiger partial charge is 0.348 e. The summed E-state index contributed by atoms with van der Waals surface area (Å²) in [6.45, 7) is 10.6. The molecule has 2 heterocycles. The van der Waals surface area contributed by atoms with E-state index in [0.717, 1.165) is 52.0 Å². The van der Waals surface area contributed by atoms with Crippen LogP contribution in [0.15, 0.2) is 48.5 Å². The number of nitrogens with one attached hydrogen (secondary N) is 1.